The highest BCUT2D eigenvalue weighted by Gasteiger charge is 2.71. The van der Waals surface area contributed by atoms with Gasteiger partial charge in [0.15, 0.2) is 17.2 Å². The molecular formula is C24H23NO11S. The topological polar surface area (TPSA) is 219 Å². The van der Waals surface area contributed by atoms with Crippen molar-refractivity contribution < 1.29 is 54.6 Å². The van der Waals surface area contributed by atoms with Crippen LogP contribution in [-0.2, 0) is 14.4 Å². The number of Topliss-reactive ketones (excluding diaryl/α,β-unsaturated/α-hetero) is 3. The Morgan fingerprint density at radius 2 is 1.81 bits per heavy atom. The fourth-order valence-electron chi connectivity index (χ4n) is 5.00. The molecule has 13 heteroatoms. The summed E-state index contributed by atoms with van der Waals surface area (Å²) in [7, 11) is 0. The number of fused-ring (bicyclic) bond motifs is 3. The molecule has 0 unspecified atom stereocenters. The van der Waals surface area contributed by atoms with Crippen LogP contribution in [0.5, 0.6) is 5.75 Å². The number of phenols is 1. The fourth-order valence-corrected chi connectivity index (χ4v) is 6.23. The van der Waals surface area contributed by atoms with Crippen LogP contribution in [-0.4, -0.2) is 94.6 Å². The van der Waals surface area contributed by atoms with Crippen molar-refractivity contribution >= 4 is 41.0 Å². The van der Waals surface area contributed by atoms with Crippen molar-refractivity contribution in [3.05, 3.63) is 51.5 Å². The maximum Gasteiger partial charge on any atom is 0.327 e. The number of benzene rings is 1. The number of allylic oxidation sites excluding steroid dienone is 2. The fraction of sp³-hybridized carbons (Fsp3) is 0.375. The lowest BCUT2D eigenvalue weighted by Gasteiger charge is -2.55. The van der Waals surface area contributed by atoms with Gasteiger partial charge >= 0.3 is 5.97 Å². The molecule has 0 aromatic heterocycles. The van der Waals surface area contributed by atoms with Crippen LogP contribution in [0.25, 0.3) is 0 Å². The first-order chi connectivity index (χ1) is 17.1. The Morgan fingerprint density at radius 1 is 1.16 bits per heavy atom. The van der Waals surface area contributed by atoms with Gasteiger partial charge in [0, 0.05) is 35.1 Å². The van der Waals surface area contributed by atoms with Crippen LogP contribution in [0.4, 0.5) is 0 Å². The molecule has 1 aromatic rings. The minimum Gasteiger partial charge on any atom is -0.507 e. The number of phenolic OH excluding ortho intramolecular Hbond substituents is 1. The van der Waals surface area contributed by atoms with Crippen molar-refractivity contribution in [2.24, 2.45) is 0 Å². The molecule has 1 saturated carbocycles. The molecule has 0 saturated heterocycles. The van der Waals surface area contributed by atoms with Gasteiger partial charge in [0.05, 0.1) is 16.7 Å². The number of aliphatic hydroxyl groups is 4. The second-order valence-electron chi connectivity index (χ2n) is 9.43. The predicted molar refractivity (Wildman–Crippen MR) is 126 cm³/mol. The number of nitrogens with one attached hydrogen (secondary N) is 1. The van der Waals surface area contributed by atoms with E-state index in [9.17, 15) is 54.6 Å². The zero-order valence-corrected chi connectivity index (χ0v) is 20.3. The lowest BCUT2D eigenvalue weighted by molar-refractivity contribution is -0.210. The van der Waals surface area contributed by atoms with Gasteiger partial charge in [-0.2, -0.15) is 0 Å². The molecule has 0 bridgehead atoms. The van der Waals surface area contributed by atoms with E-state index in [1.165, 1.54) is 12.1 Å². The van der Waals surface area contributed by atoms with Crippen LogP contribution in [0.1, 0.15) is 41.0 Å². The first kappa shape index (κ1) is 26.7. The molecule has 0 radical (unpaired) electrons. The van der Waals surface area contributed by atoms with Gasteiger partial charge in [-0.15, -0.1) is 11.8 Å². The number of thioether (sulfide) groups is 1. The number of aliphatic carboxylic acids is 1. The molecule has 1 fully saturated rings. The first-order valence-electron chi connectivity index (χ1n) is 11.0. The van der Waals surface area contributed by atoms with Crippen LogP contribution < -0.4 is 5.32 Å². The lowest BCUT2D eigenvalue weighted by atomic mass is 9.56. The summed E-state index contributed by atoms with van der Waals surface area (Å²) in [6.07, 6.45) is -2.17. The van der Waals surface area contributed by atoms with E-state index in [2.05, 4.69) is 5.32 Å². The Hall–Kier alpha value is -3.36. The number of aromatic hydroxyl groups is 1. The van der Waals surface area contributed by atoms with E-state index in [1.54, 1.807) is 0 Å². The first-order valence-corrected chi connectivity index (χ1v) is 12.0. The van der Waals surface area contributed by atoms with Gasteiger partial charge in [-0.05, 0) is 19.1 Å². The number of carbonyl (C=O) groups excluding carboxylic acids is 4. The number of carboxylic acid groups (broad SMARTS) is 1. The Labute approximate surface area is 213 Å². The second kappa shape index (κ2) is 8.60. The molecule has 196 valence electrons. The maximum absolute atomic E-state index is 13.5. The van der Waals surface area contributed by atoms with Crippen LogP contribution in [0.2, 0.25) is 0 Å². The highest BCUT2D eigenvalue weighted by molar-refractivity contribution is 8.03. The summed E-state index contributed by atoms with van der Waals surface area (Å²) in [6.45, 7) is 2.11. The van der Waals surface area contributed by atoms with Crippen LogP contribution in [0.3, 0.4) is 0 Å². The molecule has 3 aliphatic carbocycles. The van der Waals surface area contributed by atoms with E-state index in [4.69, 9.17) is 0 Å². The number of carboxylic acids is 1. The van der Waals surface area contributed by atoms with Crippen molar-refractivity contribution in [2.45, 2.75) is 49.2 Å². The minimum absolute atomic E-state index is 0.347. The summed E-state index contributed by atoms with van der Waals surface area (Å²) >= 11 is 0.558. The molecule has 1 aromatic carbocycles. The SMILES string of the molecule is CC(=O)N[C@H](CSC1=CC2=C(C(=O)c3cccc(O)c3C2=O)[C@]2(O)C(=O)[C@H](O)[C@@](C)(O)C[C@@]12O)C(=O)O. The van der Waals surface area contributed by atoms with Gasteiger partial charge in [-0.25, -0.2) is 4.79 Å². The molecule has 12 nitrogen and oxygen atoms in total. The van der Waals surface area contributed by atoms with Gasteiger partial charge in [0.1, 0.15) is 23.5 Å². The normalized spacial score (nSPS) is 31.7. The van der Waals surface area contributed by atoms with E-state index in [0.717, 1.165) is 26.0 Å². The quantitative estimate of drug-likeness (QED) is 0.238. The molecule has 1 amide bonds. The van der Waals surface area contributed by atoms with E-state index >= 15 is 0 Å². The Morgan fingerprint density at radius 3 is 2.41 bits per heavy atom. The highest BCUT2D eigenvalue weighted by atomic mass is 32.2. The minimum atomic E-state index is -3.22. The third-order valence-electron chi connectivity index (χ3n) is 6.79. The molecule has 0 heterocycles. The predicted octanol–water partition coefficient (Wildman–Crippen LogP) is -1.17. The van der Waals surface area contributed by atoms with Crippen molar-refractivity contribution in [2.75, 3.05) is 5.75 Å². The summed E-state index contributed by atoms with van der Waals surface area (Å²) in [6, 6.07) is 2.10. The second-order valence-corrected chi connectivity index (χ2v) is 10.5. The molecular weight excluding hydrogens is 510 g/mol. The summed E-state index contributed by atoms with van der Waals surface area (Å²) in [5.41, 5.74) is -10.4. The third-order valence-corrected chi connectivity index (χ3v) is 8.05. The molecule has 0 aliphatic heterocycles. The van der Waals surface area contributed by atoms with E-state index in [-0.39, 0.29) is 10.5 Å². The average molecular weight is 534 g/mol. The number of hydrogen-bond acceptors (Lipinski definition) is 11. The number of ketones is 3. The summed E-state index contributed by atoms with van der Waals surface area (Å²) < 4.78 is 0. The van der Waals surface area contributed by atoms with Gasteiger partial charge in [0.2, 0.25) is 11.7 Å². The van der Waals surface area contributed by atoms with E-state index < -0.39 is 92.8 Å². The molecule has 5 atom stereocenters. The van der Waals surface area contributed by atoms with E-state index in [0.29, 0.717) is 11.8 Å². The number of rotatable bonds is 5. The number of carbonyl (C=O) groups is 5. The number of amides is 1. The van der Waals surface area contributed by atoms with Crippen LogP contribution >= 0.6 is 11.8 Å². The molecule has 0 spiro atoms. The van der Waals surface area contributed by atoms with Crippen molar-refractivity contribution in [1.82, 2.24) is 5.32 Å². The van der Waals surface area contributed by atoms with Crippen molar-refractivity contribution in [3.8, 4) is 5.75 Å². The van der Waals surface area contributed by atoms with Crippen molar-refractivity contribution in [1.29, 1.82) is 0 Å². The maximum atomic E-state index is 13.5. The van der Waals surface area contributed by atoms with Gasteiger partial charge in [0.25, 0.3) is 0 Å². The zero-order chi connectivity index (χ0) is 27.7. The zero-order valence-electron chi connectivity index (χ0n) is 19.5. The summed E-state index contributed by atoms with van der Waals surface area (Å²) in [4.78, 5) is 62.9. The van der Waals surface area contributed by atoms with Gasteiger partial charge in [-0.3, -0.25) is 19.2 Å². The highest BCUT2D eigenvalue weighted by Crippen LogP contribution is 2.56. The lowest BCUT2D eigenvalue weighted by Crippen LogP contribution is -2.75. The van der Waals surface area contributed by atoms with Crippen molar-refractivity contribution in [3.63, 3.8) is 0 Å². The Kier molecular flexibility index (Phi) is 6.20. The van der Waals surface area contributed by atoms with Gasteiger partial charge < -0.3 is 36.0 Å². The largest absolute Gasteiger partial charge is 0.507 e. The Balaban J connectivity index is 1.94. The molecule has 3 aliphatic rings. The monoisotopic (exact) mass is 533 g/mol. The molecule has 37 heavy (non-hydrogen) atoms. The smallest absolute Gasteiger partial charge is 0.327 e. The van der Waals surface area contributed by atoms with Crippen LogP contribution in [0.15, 0.2) is 40.3 Å². The summed E-state index contributed by atoms with van der Waals surface area (Å²) in [5, 5.41) is 66.7. The van der Waals surface area contributed by atoms with E-state index in [1.807, 2.05) is 0 Å². The summed E-state index contributed by atoms with van der Waals surface area (Å²) in [5.74, 6) is -6.70. The molecule has 7 N–H and O–H groups in total. The average Bonchev–Trinajstić information content (AvgIpc) is 2.80. The van der Waals surface area contributed by atoms with Crippen LogP contribution in [0, 0.1) is 0 Å². The Bertz CT molecular complexity index is 1350. The third kappa shape index (κ3) is 3.73. The number of hydrogen-bond donors (Lipinski definition) is 7. The molecule has 4 rings (SSSR count). The number of aliphatic hydroxyl groups excluding tert-OH is 1. The van der Waals surface area contributed by atoms with Gasteiger partial charge in [-0.1, -0.05) is 12.1 Å². The standard InChI is InChI=1S/C24H23NO11S/c1-9(26)25-12(21(32)33)7-37-14-6-11-16(18(29)10-4-3-5-13(27)15(10)17(11)28)24(36)20(31)19(30)22(2,34)8-23(14,24)35/h3-6,12,19,27,30,34-36H,7-8H2,1-2H3,(H,25,26)(H,32,33)/t12-,19+,22+,23-,24+/m1/s1.